The van der Waals surface area contributed by atoms with Gasteiger partial charge in [0.2, 0.25) is 10.0 Å². The average molecular weight is 276 g/mol. The van der Waals surface area contributed by atoms with Gasteiger partial charge < -0.3 is 0 Å². The van der Waals surface area contributed by atoms with Crippen molar-refractivity contribution in [1.82, 2.24) is 0 Å². The molecule has 0 saturated heterocycles. The first-order valence-corrected chi connectivity index (χ1v) is 7.56. The number of sulfonamides is 1. The Bertz CT molecular complexity index is 478. The van der Waals surface area contributed by atoms with E-state index in [2.05, 4.69) is 4.72 Å². The van der Waals surface area contributed by atoms with Crippen LogP contribution in [0.4, 0.5) is 5.69 Å². The number of hydrogen-bond donors (Lipinski definition) is 1. The number of nitrogens with one attached hydrogen (secondary N) is 1. The van der Waals surface area contributed by atoms with Gasteiger partial charge in [0.1, 0.15) is 0 Å². The first-order chi connectivity index (χ1) is 7.72. The average Bonchev–Trinajstić information content (AvgIpc) is 2.13. The van der Waals surface area contributed by atoms with Crippen LogP contribution in [0.3, 0.4) is 0 Å². The number of benzene rings is 1. The molecule has 0 spiro atoms. The van der Waals surface area contributed by atoms with Crippen molar-refractivity contribution in [3.63, 3.8) is 0 Å². The maximum Gasteiger partial charge on any atom is 0.233 e. The highest BCUT2D eigenvalue weighted by molar-refractivity contribution is 7.92. The zero-order valence-corrected chi connectivity index (χ0v) is 11.9. The second kappa shape index (κ2) is 5.27. The van der Waals surface area contributed by atoms with E-state index in [1.54, 1.807) is 18.2 Å². The summed E-state index contributed by atoms with van der Waals surface area (Å²) < 4.78 is 26.3. The van der Waals surface area contributed by atoms with Crippen molar-refractivity contribution in [3.05, 3.63) is 29.8 Å². The molecule has 0 heterocycles. The van der Waals surface area contributed by atoms with Crippen LogP contribution in [0.2, 0.25) is 0 Å². The Morgan fingerprint density at radius 2 is 1.94 bits per heavy atom. The Hall–Kier alpha value is -0.740. The number of hydrogen-bond acceptors (Lipinski definition) is 2. The van der Waals surface area contributed by atoms with Gasteiger partial charge in [-0.3, -0.25) is 4.72 Å². The number of rotatable bonds is 4. The Balaban J connectivity index is 2.83. The largest absolute Gasteiger partial charge is 0.284 e. The molecule has 0 amide bonds. The van der Waals surface area contributed by atoms with Crippen LogP contribution in [-0.4, -0.2) is 14.2 Å². The fourth-order valence-corrected chi connectivity index (χ4v) is 3.37. The maximum absolute atomic E-state index is 11.9. The van der Waals surface area contributed by atoms with Gasteiger partial charge in [-0.05, 0) is 23.1 Å². The van der Waals surface area contributed by atoms with E-state index in [-0.39, 0.29) is 11.2 Å². The molecular formula is C12H18ClNO2S. The van der Waals surface area contributed by atoms with E-state index in [1.807, 2.05) is 26.8 Å². The van der Waals surface area contributed by atoms with Crippen molar-refractivity contribution in [1.29, 1.82) is 0 Å². The van der Waals surface area contributed by atoms with E-state index in [9.17, 15) is 8.42 Å². The molecule has 1 N–H and O–H groups in total. The lowest BCUT2D eigenvalue weighted by molar-refractivity contribution is 0.463. The molecule has 5 heteroatoms. The van der Waals surface area contributed by atoms with Gasteiger partial charge >= 0.3 is 0 Å². The monoisotopic (exact) mass is 275 g/mol. The minimum Gasteiger partial charge on any atom is -0.284 e. The molecule has 3 nitrogen and oxygen atoms in total. The maximum atomic E-state index is 11.9. The first-order valence-electron chi connectivity index (χ1n) is 5.37. The minimum atomic E-state index is -3.31. The second-order valence-electron chi connectivity index (χ2n) is 5.26. The highest BCUT2D eigenvalue weighted by Gasteiger charge is 2.21. The predicted molar refractivity (Wildman–Crippen MR) is 72.9 cm³/mol. The van der Waals surface area contributed by atoms with Crippen molar-refractivity contribution >= 4 is 27.3 Å². The number of alkyl halides is 1. The highest BCUT2D eigenvalue weighted by Crippen LogP contribution is 2.19. The fourth-order valence-electron chi connectivity index (χ4n) is 1.50. The third kappa shape index (κ3) is 5.41. The van der Waals surface area contributed by atoms with Gasteiger partial charge in [0.15, 0.2) is 0 Å². The summed E-state index contributed by atoms with van der Waals surface area (Å²) in [5, 5.41) is 0. The Morgan fingerprint density at radius 1 is 1.29 bits per heavy atom. The zero-order chi connectivity index (χ0) is 13.1. The second-order valence-corrected chi connectivity index (χ2v) is 7.25. The highest BCUT2D eigenvalue weighted by atomic mass is 35.5. The molecule has 0 aliphatic carbocycles. The van der Waals surface area contributed by atoms with Crippen LogP contribution < -0.4 is 4.72 Å². The first kappa shape index (κ1) is 14.3. The van der Waals surface area contributed by atoms with Gasteiger partial charge in [0.25, 0.3) is 0 Å². The normalized spacial score (nSPS) is 12.5. The summed E-state index contributed by atoms with van der Waals surface area (Å²) in [7, 11) is -3.31. The molecule has 1 aromatic rings. The summed E-state index contributed by atoms with van der Waals surface area (Å²) in [6.45, 7) is 5.67. The van der Waals surface area contributed by atoms with Crippen molar-refractivity contribution in [2.75, 3.05) is 10.5 Å². The molecule has 17 heavy (non-hydrogen) atoms. The molecule has 0 aromatic heterocycles. The molecule has 1 rings (SSSR count). The zero-order valence-electron chi connectivity index (χ0n) is 10.3. The van der Waals surface area contributed by atoms with Crippen molar-refractivity contribution < 1.29 is 8.42 Å². The SMILES string of the molecule is CC(C)(C)CS(=O)(=O)Nc1cccc(CCl)c1. The van der Waals surface area contributed by atoms with Crippen molar-refractivity contribution in [3.8, 4) is 0 Å². The standard InChI is InChI=1S/C12H18ClNO2S/c1-12(2,3)9-17(15,16)14-11-6-4-5-10(7-11)8-13/h4-7,14H,8-9H2,1-3H3. The third-order valence-electron chi connectivity index (χ3n) is 1.98. The molecule has 96 valence electrons. The van der Waals surface area contributed by atoms with Gasteiger partial charge in [0.05, 0.1) is 5.75 Å². The van der Waals surface area contributed by atoms with Crippen LogP contribution in [0.1, 0.15) is 26.3 Å². The van der Waals surface area contributed by atoms with E-state index in [4.69, 9.17) is 11.6 Å². The molecule has 1 aromatic carbocycles. The lowest BCUT2D eigenvalue weighted by Crippen LogP contribution is -2.26. The van der Waals surface area contributed by atoms with E-state index in [0.29, 0.717) is 11.6 Å². The quantitative estimate of drug-likeness (QED) is 0.858. The van der Waals surface area contributed by atoms with Crippen LogP contribution in [0.15, 0.2) is 24.3 Å². The van der Waals surface area contributed by atoms with E-state index >= 15 is 0 Å². The molecule has 0 fully saturated rings. The fraction of sp³-hybridized carbons (Fsp3) is 0.500. The van der Waals surface area contributed by atoms with E-state index in [0.717, 1.165) is 5.56 Å². The molecule has 0 radical (unpaired) electrons. The minimum absolute atomic E-state index is 0.0884. The van der Waals surface area contributed by atoms with E-state index < -0.39 is 10.0 Å². The molecule has 0 atom stereocenters. The van der Waals surface area contributed by atoms with E-state index in [1.165, 1.54) is 0 Å². The Morgan fingerprint density at radius 3 is 2.47 bits per heavy atom. The molecule has 0 bridgehead atoms. The van der Waals surface area contributed by atoms with Gasteiger partial charge in [-0.25, -0.2) is 8.42 Å². The van der Waals surface area contributed by atoms with Crippen LogP contribution in [0.5, 0.6) is 0 Å². The summed E-state index contributed by atoms with van der Waals surface area (Å²) in [4.78, 5) is 0. The smallest absolute Gasteiger partial charge is 0.233 e. The Kier molecular flexibility index (Phi) is 4.44. The summed E-state index contributed by atoms with van der Waals surface area (Å²) in [5.74, 6) is 0.458. The van der Waals surface area contributed by atoms with Crippen molar-refractivity contribution in [2.45, 2.75) is 26.7 Å². The predicted octanol–water partition coefficient (Wildman–Crippen LogP) is 3.21. The lowest BCUT2D eigenvalue weighted by Gasteiger charge is -2.18. The van der Waals surface area contributed by atoms with Crippen LogP contribution in [-0.2, 0) is 15.9 Å². The van der Waals surface area contributed by atoms with Crippen LogP contribution in [0, 0.1) is 5.41 Å². The summed E-state index contributed by atoms with van der Waals surface area (Å²) in [6.07, 6.45) is 0. The summed E-state index contributed by atoms with van der Waals surface area (Å²) in [6, 6.07) is 7.10. The Labute approximate surface area is 108 Å². The topological polar surface area (TPSA) is 46.2 Å². The number of anilines is 1. The lowest BCUT2D eigenvalue weighted by atomic mass is 10.0. The van der Waals surface area contributed by atoms with Gasteiger partial charge in [-0.15, -0.1) is 11.6 Å². The molecule has 0 unspecified atom stereocenters. The van der Waals surface area contributed by atoms with Crippen LogP contribution in [0.25, 0.3) is 0 Å². The summed E-state index contributed by atoms with van der Waals surface area (Å²) in [5.41, 5.74) is 1.19. The molecule has 0 aliphatic heterocycles. The van der Waals surface area contributed by atoms with Gasteiger partial charge in [-0.1, -0.05) is 32.9 Å². The van der Waals surface area contributed by atoms with Gasteiger partial charge in [0, 0.05) is 11.6 Å². The number of halogens is 1. The third-order valence-corrected chi connectivity index (χ3v) is 4.08. The van der Waals surface area contributed by atoms with Gasteiger partial charge in [-0.2, -0.15) is 0 Å². The molecule has 0 aliphatic rings. The molecule has 0 saturated carbocycles. The summed E-state index contributed by atoms with van der Waals surface area (Å²) >= 11 is 5.70. The van der Waals surface area contributed by atoms with Crippen LogP contribution >= 0.6 is 11.6 Å². The van der Waals surface area contributed by atoms with Crippen molar-refractivity contribution in [2.24, 2.45) is 5.41 Å². The molecular weight excluding hydrogens is 258 g/mol.